The molecule has 0 aromatic carbocycles. The van der Waals surface area contributed by atoms with Gasteiger partial charge in [-0.3, -0.25) is 0 Å². The zero-order valence-electron chi connectivity index (χ0n) is 24.5. The van der Waals surface area contributed by atoms with Crippen LogP contribution in [0.2, 0.25) is 0 Å². The molecule has 0 aliphatic heterocycles. The van der Waals surface area contributed by atoms with Crippen LogP contribution in [-0.4, -0.2) is 31.1 Å². The summed E-state index contributed by atoms with van der Waals surface area (Å²) >= 11 is 0. The lowest BCUT2D eigenvalue weighted by atomic mass is 10.0. The number of sulfone groups is 1. The van der Waals surface area contributed by atoms with Crippen molar-refractivity contribution in [2.24, 2.45) is 0 Å². The van der Waals surface area contributed by atoms with Crippen molar-refractivity contribution in [1.82, 2.24) is 0 Å². The summed E-state index contributed by atoms with van der Waals surface area (Å²) in [5.41, 5.74) is 7.55. The maximum absolute atomic E-state index is 12.8. The normalized spacial score (nSPS) is 15.3. The SMILES string of the molecule is CCS(=O)(=O)C(CC=C(C)CCC=C(C)CCC=C(C)C)C(C)=CCCC(C)=CCCC(C)=CCO. The van der Waals surface area contributed by atoms with Crippen LogP contribution >= 0.6 is 0 Å². The molecule has 0 aliphatic rings. The zero-order chi connectivity index (χ0) is 27.6. The van der Waals surface area contributed by atoms with Crippen LogP contribution in [0.1, 0.15) is 113 Å². The maximum atomic E-state index is 12.8. The van der Waals surface area contributed by atoms with Crippen molar-refractivity contribution in [1.29, 1.82) is 0 Å². The van der Waals surface area contributed by atoms with E-state index in [1.54, 1.807) is 6.92 Å². The van der Waals surface area contributed by atoms with Gasteiger partial charge in [-0.05, 0) is 106 Å². The Morgan fingerprint density at radius 2 is 1.06 bits per heavy atom. The molecule has 3 nitrogen and oxygen atoms in total. The molecule has 0 aromatic heterocycles. The zero-order valence-corrected chi connectivity index (χ0v) is 25.3. The molecule has 1 unspecified atom stereocenters. The molecule has 0 radical (unpaired) electrons. The average molecular weight is 519 g/mol. The summed E-state index contributed by atoms with van der Waals surface area (Å²) < 4.78 is 25.7. The van der Waals surface area contributed by atoms with Crippen LogP contribution in [0.25, 0.3) is 0 Å². The van der Waals surface area contributed by atoms with E-state index in [2.05, 4.69) is 65.0 Å². The van der Waals surface area contributed by atoms with Crippen molar-refractivity contribution in [3.05, 3.63) is 69.9 Å². The highest BCUT2D eigenvalue weighted by Crippen LogP contribution is 2.21. The quantitative estimate of drug-likeness (QED) is 0.184. The highest BCUT2D eigenvalue weighted by Gasteiger charge is 2.24. The maximum Gasteiger partial charge on any atom is 0.157 e. The second kappa shape index (κ2) is 19.5. The molecule has 0 aliphatic carbocycles. The Kier molecular flexibility index (Phi) is 18.6. The van der Waals surface area contributed by atoms with Crippen molar-refractivity contribution in [3.63, 3.8) is 0 Å². The van der Waals surface area contributed by atoms with Crippen molar-refractivity contribution < 1.29 is 13.5 Å². The first-order valence-corrected chi connectivity index (χ1v) is 15.4. The Morgan fingerprint density at radius 3 is 1.50 bits per heavy atom. The predicted molar refractivity (Wildman–Crippen MR) is 160 cm³/mol. The van der Waals surface area contributed by atoms with Gasteiger partial charge in [0.15, 0.2) is 9.84 Å². The number of allylic oxidation sites excluding steroid dienone is 10. The highest BCUT2D eigenvalue weighted by molar-refractivity contribution is 7.92. The topological polar surface area (TPSA) is 54.4 Å². The number of hydrogen-bond donors (Lipinski definition) is 1. The molecule has 0 saturated heterocycles. The molecule has 206 valence electrons. The minimum absolute atomic E-state index is 0.1000. The van der Waals surface area contributed by atoms with Crippen LogP contribution in [-0.2, 0) is 9.84 Å². The minimum Gasteiger partial charge on any atom is -0.392 e. The van der Waals surface area contributed by atoms with E-state index in [4.69, 9.17) is 5.11 Å². The predicted octanol–water partition coefficient (Wildman–Crippen LogP) is 8.99. The Balaban J connectivity index is 4.98. The Morgan fingerprint density at radius 1 is 0.639 bits per heavy atom. The first-order chi connectivity index (χ1) is 16.9. The smallest absolute Gasteiger partial charge is 0.157 e. The van der Waals surface area contributed by atoms with Crippen molar-refractivity contribution in [3.8, 4) is 0 Å². The second-order valence-corrected chi connectivity index (χ2v) is 12.9. The first kappa shape index (κ1) is 34.4. The standard InChI is InChI=1S/C32H54O3S/c1-9-36(34,35)32(23-22-29(6)18-11-16-27(4)15-10-14-26(2)3)31(8)21-13-20-28(5)17-12-19-30(7)24-25-33/h14,16-17,21-22,24,32-33H,9-13,15,18-20,23,25H2,1-8H3. The fraction of sp³-hybridized carbons (Fsp3) is 0.625. The van der Waals surface area contributed by atoms with E-state index in [-0.39, 0.29) is 12.4 Å². The largest absolute Gasteiger partial charge is 0.392 e. The lowest BCUT2D eigenvalue weighted by Crippen LogP contribution is -2.24. The molecule has 0 rings (SSSR count). The minimum atomic E-state index is -3.16. The van der Waals surface area contributed by atoms with Gasteiger partial charge >= 0.3 is 0 Å². The lowest BCUT2D eigenvalue weighted by molar-refractivity contribution is 0.341. The van der Waals surface area contributed by atoms with Gasteiger partial charge in [0.25, 0.3) is 0 Å². The fourth-order valence-electron chi connectivity index (χ4n) is 4.03. The third-order valence-electron chi connectivity index (χ3n) is 6.62. The third kappa shape index (κ3) is 16.9. The van der Waals surface area contributed by atoms with Crippen molar-refractivity contribution in [2.75, 3.05) is 12.4 Å². The van der Waals surface area contributed by atoms with Crippen molar-refractivity contribution in [2.45, 2.75) is 118 Å². The summed E-state index contributed by atoms with van der Waals surface area (Å²) in [6.45, 7) is 16.6. The highest BCUT2D eigenvalue weighted by atomic mass is 32.2. The Hall–Kier alpha value is -1.65. The fourth-order valence-corrected chi connectivity index (χ4v) is 5.48. The average Bonchev–Trinajstić information content (AvgIpc) is 2.79. The van der Waals surface area contributed by atoms with Crippen LogP contribution in [0.5, 0.6) is 0 Å². The van der Waals surface area contributed by atoms with Crippen LogP contribution in [0.3, 0.4) is 0 Å². The molecule has 0 fully saturated rings. The molecule has 0 spiro atoms. The van der Waals surface area contributed by atoms with Crippen LogP contribution in [0.4, 0.5) is 0 Å². The van der Waals surface area contributed by atoms with E-state index < -0.39 is 15.1 Å². The van der Waals surface area contributed by atoms with Gasteiger partial charge in [-0.1, -0.05) is 76.8 Å². The number of aliphatic hydroxyl groups excluding tert-OH is 1. The molecule has 4 heteroatoms. The number of aliphatic hydroxyl groups is 1. The molecule has 0 aromatic rings. The number of hydrogen-bond acceptors (Lipinski definition) is 3. The van der Waals surface area contributed by atoms with Gasteiger partial charge in [-0.25, -0.2) is 8.42 Å². The first-order valence-electron chi connectivity index (χ1n) is 13.7. The van der Waals surface area contributed by atoms with Gasteiger partial charge in [-0.15, -0.1) is 0 Å². The van der Waals surface area contributed by atoms with Crippen LogP contribution in [0.15, 0.2) is 69.9 Å². The van der Waals surface area contributed by atoms with Gasteiger partial charge in [0.2, 0.25) is 0 Å². The molecule has 1 N–H and O–H groups in total. The van der Waals surface area contributed by atoms with Gasteiger partial charge in [0, 0.05) is 5.75 Å². The summed E-state index contributed by atoms with van der Waals surface area (Å²) in [6.07, 6.45) is 21.4. The molecule has 0 bridgehead atoms. The third-order valence-corrected chi connectivity index (χ3v) is 8.86. The van der Waals surface area contributed by atoms with Crippen LogP contribution in [0, 0.1) is 0 Å². The summed E-state index contributed by atoms with van der Waals surface area (Å²) in [6, 6.07) is 0. The number of rotatable bonds is 18. The van der Waals surface area contributed by atoms with E-state index in [1.165, 1.54) is 27.9 Å². The summed E-state index contributed by atoms with van der Waals surface area (Å²) in [5, 5.41) is 8.52. The summed E-state index contributed by atoms with van der Waals surface area (Å²) in [4.78, 5) is 0. The van der Waals surface area contributed by atoms with Gasteiger partial charge in [0.1, 0.15) is 0 Å². The van der Waals surface area contributed by atoms with E-state index in [9.17, 15) is 8.42 Å². The van der Waals surface area contributed by atoms with Gasteiger partial charge in [0.05, 0.1) is 11.9 Å². The molecule has 36 heavy (non-hydrogen) atoms. The van der Waals surface area contributed by atoms with E-state index in [0.29, 0.717) is 6.42 Å². The molecule has 1 atom stereocenters. The summed E-state index contributed by atoms with van der Waals surface area (Å²) in [5.74, 6) is 0.170. The van der Waals surface area contributed by atoms with E-state index >= 15 is 0 Å². The van der Waals surface area contributed by atoms with E-state index in [1.807, 2.05) is 19.9 Å². The monoisotopic (exact) mass is 518 g/mol. The second-order valence-electron chi connectivity index (χ2n) is 10.4. The molecular formula is C32H54O3S. The van der Waals surface area contributed by atoms with Gasteiger partial charge < -0.3 is 5.11 Å². The Bertz CT molecular complexity index is 920. The summed E-state index contributed by atoms with van der Waals surface area (Å²) in [7, 11) is -3.16. The van der Waals surface area contributed by atoms with Gasteiger partial charge in [-0.2, -0.15) is 0 Å². The molecule has 0 heterocycles. The molecular weight excluding hydrogens is 464 g/mol. The van der Waals surface area contributed by atoms with E-state index in [0.717, 1.165) is 56.9 Å². The molecule has 0 saturated carbocycles. The van der Waals surface area contributed by atoms with Crippen molar-refractivity contribution >= 4 is 9.84 Å². The van der Waals surface area contributed by atoms with Crippen LogP contribution < -0.4 is 0 Å². The Labute approximate surface area is 223 Å². The molecule has 0 amide bonds. The lowest BCUT2D eigenvalue weighted by Gasteiger charge is -2.17.